The molecule has 86 valence electrons. The Morgan fingerprint density at radius 2 is 2.20 bits per heavy atom. The minimum Gasteiger partial charge on any atom is -0.444 e. The number of rotatable bonds is 2. The van der Waals surface area contributed by atoms with E-state index in [0.717, 1.165) is 0 Å². The molecule has 1 aliphatic heterocycles. The molecular formula is C9H15BrN2O3. The van der Waals surface area contributed by atoms with Gasteiger partial charge in [0.25, 0.3) is 0 Å². The third kappa shape index (κ3) is 3.37. The van der Waals surface area contributed by atoms with Gasteiger partial charge in [0.1, 0.15) is 11.6 Å². The first-order chi connectivity index (χ1) is 6.83. The molecule has 0 spiro atoms. The number of carbonyl (C=O) groups is 2. The van der Waals surface area contributed by atoms with Gasteiger partial charge in [-0.25, -0.2) is 4.79 Å². The molecule has 5 nitrogen and oxygen atoms in total. The van der Waals surface area contributed by atoms with E-state index in [-0.39, 0.29) is 11.9 Å². The Morgan fingerprint density at radius 1 is 1.60 bits per heavy atom. The predicted molar refractivity (Wildman–Crippen MR) is 58.9 cm³/mol. The summed E-state index contributed by atoms with van der Waals surface area (Å²) >= 11 is 3.24. The second-order valence-corrected chi connectivity index (χ2v) is 5.04. The van der Waals surface area contributed by atoms with Gasteiger partial charge in [0.05, 0.1) is 6.04 Å². The molecule has 15 heavy (non-hydrogen) atoms. The first-order valence-corrected chi connectivity index (χ1v) is 5.81. The molecule has 0 aliphatic carbocycles. The molecule has 6 heteroatoms. The number of amides is 2. The van der Waals surface area contributed by atoms with Crippen molar-refractivity contribution in [1.82, 2.24) is 10.6 Å². The van der Waals surface area contributed by atoms with E-state index >= 15 is 0 Å². The molecule has 1 fully saturated rings. The van der Waals surface area contributed by atoms with Crippen LogP contribution in [0.15, 0.2) is 0 Å². The minimum absolute atomic E-state index is 0.0509. The number of hydrogen-bond acceptors (Lipinski definition) is 3. The fourth-order valence-electron chi connectivity index (χ4n) is 1.17. The molecule has 1 aliphatic rings. The number of alkyl halides is 1. The van der Waals surface area contributed by atoms with Crippen molar-refractivity contribution in [1.29, 1.82) is 0 Å². The van der Waals surface area contributed by atoms with E-state index in [1.165, 1.54) is 0 Å². The first kappa shape index (κ1) is 12.3. The molecule has 1 heterocycles. The number of alkyl carbamates (subject to hydrolysis) is 1. The molecule has 0 radical (unpaired) electrons. The molecule has 2 amide bonds. The van der Waals surface area contributed by atoms with Crippen LogP contribution in [0.4, 0.5) is 4.79 Å². The van der Waals surface area contributed by atoms with Gasteiger partial charge in [-0.2, -0.15) is 0 Å². The van der Waals surface area contributed by atoms with Crippen LogP contribution in [0.1, 0.15) is 20.8 Å². The van der Waals surface area contributed by atoms with E-state index in [4.69, 9.17) is 4.74 Å². The van der Waals surface area contributed by atoms with Crippen LogP contribution < -0.4 is 10.6 Å². The van der Waals surface area contributed by atoms with Crippen LogP contribution in [-0.4, -0.2) is 35.0 Å². The van der Waals surface area contributed by atoms with Gasteiger partial charge in [-0.1, -0.05) is 15.9 Å². The van der Waals surface area contributed by atoms with Crippen LogP contribution in [0, 0.1) is 0 Å². The van der Waals surface area contributed by atoms with Crippen LogP contribution in [0.2, 0.25) is 0 Å². The Bertz CT molecular complexity index is 275. The number of halogens is 1. The standard InChI is InChI=1S/C9H15BrN2O3/c1-9(2,3)15-8(14)12-6-5(4-10)11-7(6)13/h5-6H,4H2,1-3H3,(H,11,13)(H,12,14). The highest BCUT2D eigenvalue weighted by Crippen LogP contribution is 2.11. The topological polar surface area (TPSA) is 67.4 Å². The van der Waals surface area contributed by atoms with Crippen molar-refractivity contribution in [3.8, 4) is 0 Å². The van der Waals surface area contributed by atoms with Gasteiger partial charge < -0.3 is 15.4 Å². The summed E-state index contributed by atoms with van der Waals surface area (Å²) in [5, 5.41) is 5.79. The zero-order chi connectivity index (χ0) is 11.6. The van der Waals surface area contributed by atoms with Crippen LogP contribution in [0.3, 0.4) is 0 Å². The van der Waals surface area contributed by atoms with Crippen molar-refractivity contribution < 1.29 is 14.3 Å². The van der Waals surface area contributed by atoms with E-state index in [9.17, 15) is 9.59 Å². The second kappa shape index (κ2) is 4.38. The number of β-lactam (4-membered cyclic amide) rings is 1. The van der Waals surface area contributed by atoms with Gasteiger partial charge in [0.15, 0.2) is 0 Å². The van der Waals surface area contributed by atoms with E-state index in [2.05, 4.69) is 26.6 Å². The van der Waals surface area contributed by atoms with Crippen molar-refractivity contribution in [3.63, 3.8) is 0 Å². The van der Waals surface area contributed by atoms with Crippen molar-refractivity contribution in [2.24, 2.45) is 0 Å². The van der Waals surface area contributed by atoms with Gasteiger partial charge in [0, 0.05) is 5.33 Å². The summed E-state index contributed by atoms with van der Waals surface area (Å²) in [7, 11) is 0. The highest BCUT2D eigenvalue weighted by Gasteiger charge is 2.40. The normalized spacial score (nSPS) is 25.2. The summed E-state index contributed by atoms with van der Waals surface area (Å²) in [5.74, 6) is -0.176. The summed E-state index contributed by atoms with van der Waals surface area (Å²) in [6.45, 7) is 5.32. The quantitative estimate of drug-likeness (QED) is 0.579. The third-order valence-electron chi connectivity index (χ3n) is 1.85. The number of carbonyl (C=O) groups excluding carboxylic acids is 2. The number of ether oxygens (including phenoxy) is 1. The van der Waals surface area contributed by atoms with Crippen LogP contribution >= 0.6 is 15.9 Å². The maximum atomic E-state index is 11.3. The Labute approximate surface area is 97.1 Å². The Kier molecular flexibility index (Phi) is 3.59. The molecule has 0 aromatic rings. The zero-order valence-corrected chi connectivity index (χ0v) is 10.6. The molecule has 1 rings (SSSR count). The lowest BCUT2D eigenvalue weighted by molar-refractivity contribution is -0.131. The van der Waals surface area contributed by atoms with E-state index in [1.807, 2.05) is 0 Å². The summed E-state index contributed by atoms with van der Waals surface area (Å²) in [6.07, 6.45) is -0.562. The van der Waals surface area contributed by atoms with Gasteiger partial charge in [-0.15, -0.1) is 0 Å². The van der Waals surface area contributed by atoms with Gasteiger partial charge in [-0.05, 0) is 20.8 Å². The zero-order valence-electron chi connectivity index (χ0n) is 8.96. The monoisotopic (exact) mass is 278 g/mol. The van der Waals surface area contributed by atoms with E-state index < -0.39 is 17.7 Å². The molecule has 2 N–H and O–H groups in total. The predicted octanol–water partition coefficient (Wildman–Crippen LogP) is 0.773. The minimum atomic E-state index is -0.562. The summed E-state index contributed by atoms with van der Waals surface area (Å²) in [4.78, 5) is 22.4. The molecular weight excluding hydrogens is 264 g/mol. The average molecular weight is 279 g/mol. The third-order valence-corrected chi connectivity index (χ3v) is 2.55. The van der Waals surface area contributed by atoms with E-state index in [1.54, 1.807) is 20.8 Å². The second-order valence-electron chi connectivity index (χ2n) is 4.39. The molecule has 2 unspecified atom stereocenters. The van der Waals surface area contributed by atoms with Crippen molar-refractivity contribution in [2.75, 3.05) is 5.33 Å². The van der Waals surface area contributed by atoms with Crippen LogP contribution in [-0.2, 0) is 9.53 Å². The summed E-state index contributed by atoms with van der Waals surface area (Å²) in [5.41, 5.74) is -0.547. The lowest BCUT2D eigenvalue weighted by atomic mass is 10.0. The Balaban J connectivity index is 2.41. The maximum Gasteiger partial charge on any atom is 0.408 e. The van der Waals surface area contributed by atoms with Crippen LogP contribution in [0.25, 0.3) is 0 Å². The smallest absolute Gasteiger partial charge is 0.408 e. The highest BCUT2D eigenvalue weighted by atomic mass is 79.9. The fourth-order valence-corrected chi connectivity index (χ4v) is 1.71. The van der Waals surface area contributed by atoms with E-state index in [0.29, 0.717) is 5.33 Å². The van der Waals surface area contributed by atoms with Crippen LogP contribution in [0.5, 0.6) is 0 Å². The number of hydrogen-bond donors (Lipinski definition) is 2. The SMILES string of the molecule is CC(C)(C)OC(=O)NC1C(=O)NC1CBr. The number of nitrogens with one attached hydrogen (secondary N) is 2. The molecule has 0 saturated carbocycles. The Morgan fingerprint density at radius 3 is 2.60 bits per heavy atom. The van der Waals surface area contributed by atoms with Gasteiger partial charge in [0.2, 0.25) is 5.91 Å². The molecule has 0 aromatic carbocycles. The fraction of sp³-hybridized carbons (Fsp3) is 0.778. The highest BCUT2D eigenvalue weighted by molar-refractivity contribution is 9.09. The van der Waals surface area contributed by atoms with Crippen molar-refractivity contribution in [2.45, 2.75) is 38.5 Å². The van der Waals surface area contributed by atoms with Crippen molar-refractivity contribution >= 4 is 27.9 Å². The Hall–Kier alpha value is -0.780. The van der Waals surface area contributed by atoms with Gasteiger partial charge in [-0.3, -0.25) is 4.79 Å². The van der Waals surface area contributed by atoms with Gasteiger partial charge >= 0.3 is 6.09 Å². The lowest BCUT2D eigenvalue weighted by Gasteiger charge is -2.36. The summed E-state index contributed by atoms with van der Waals surface area (Å²) in [6, 6.07) is -0.538. The molecule has 0 bridgehead atoms. The maximum absolute atomic E-state index is 11.3. The average Bonchev–Trinajstić information content (AvgIpc) is 2.07. The first-order valence-electron chi connectivity index (χ1n) is 4.69. The summed E-state index contributed by atoms with van der Waals surface area (Å²) < 4.78 is 5.04. The molecule has 2 atom stereocenters. The lowest BCUT2D eigenvalue weighted by Crippen LogP contribution is -2.70. The molecule has 0 aromatic heterocycles. The van der Waals surface area contributed by atoms with Crippen molar-refractivity contribution in [3.05, 3.63) is 0 Å². The largest absolute Gasteiger partial charge is 0.444 e. The molecule has 1 saturated heterocycles.